The first-order valence-corrected chi connectivity index (χ1v) is 6.09. The van der Waals surface area contributed by atoms with E-state index in [1.165, 1.54) is 5.56 Å². The lowest BCUT2D eigenvalue weighted by Gasteiger charge is -2.08. The van der Waals surface area contributed by atoms with Crippen molar-refractivity contribution in [3.05, 3.63) is 64.2 Å². The zero-order valence-corrected chi connectivity index (χ0v) is 11.1. The number of rotatable bonds is 2. The number of anilines is 1. The van der Waals surface area contributed by atoms with Crippen molar-refractivity contribution in [2.75, 3.05) is 5.32 Å². The third kappa shape index (κ3) is 2.71. The van der Waals surface area contributed by atoms with E-state index in [9.17, 15) is 4.79 Å². The molecule has 0 saturated carbocycles. The van der Waals surface area contributed by atoms with Gasteiger partial charge in [-0.25, -0.2) is 0 Å². The molecule has 0 radical (unpaired) electrons. The maximum Gasteiger partial charge on any atom is 0.257 e. The fourth-order valence-electron chi connectivity index (χ4n) is 1.66. The summed E-state index contributed by atoms with van der Waals surface area (Å²) in [5.41, 5.74) is 3.61. The fourth-order valence-corrected chi connectivity index (χ4v) is 1.88. The summed E-state index contributed by atoms with van der Waals surface area (Å²) < 4.78 is 0. The molecule has 18 heavy (non-hydrogen) atoms. The van der Waals surface area contributed by atoms with Crippen LogP contribution >= 0.6 is 11.6 Å². The molecule has 2 aromatic carbocycles. The molecule has 0 bridgehead atoms. The van der Waals surface area contributed by atoms with Gasteiger partial charge in [-0.2, -0.15) is 0 Å². The summed E-state index contributed by atoms with van der Waals surface area (Å²) in [6.07, 6.45) is 0. The topological polar surface area (TPSA) is 29.1 Å². The number of amides is 1. The number of carbonyl (C=O) groups excluding carboxylic acids is 1. The predicted octanol–water partition coefficient (Wildman–Crippen LogP) is 4.21. The van der Waals surface area contributed by atoms with Gasteiger partial charge in [0.1, 0.15) is 0 Å². The summed E-state index contributed by atoms with van der Waals surface area (Å²) >= 11 is 5.98. The Morgan fingerprint density at radius 2 is 1.78 bits per heavy atom. The summed E-state index contributed by atoms with van der Waals surface area (Å²) in [4.78, 5) is 12.0. The molecule has 0 aliphatic heterocycles. The molecule has 0 aliphatic carbocycles. The standard InChI is InChI=1S/C15H14ClNO/c1-10-7-8-12(9-11(10)2)17-15(18)13-5-3-4-6-14(13)16/h3-9H,1-2H3,(H,17,18). The number of hydrogen-bond acceptors (Lipinski definition) is 1. The highest BCUT2D eigenvalue weighted by Gasteiger charge is 2.09. The van der Waals surface area contributed by atoms with Crippen LogP contribution < -0.4 is 5.32 Å². The van der Waals surface area contributed by atoms with Crippen molar-refractivity contribution in [3.8, 4) is 0 Å². The largest absolute Gasteiger partial charge is 0.322 e. The van der Waals surface area contributed by atoms with E-state index in [0.717, 1.165) is 11.3 Å². The number of benzene rings is 2. The van der Waals surface area contributed by atoms with Gasteiger partial charge in [-0.15, -0.1) is 0 Å². The summed E-state index contributed by atoms with van der Waals surface area (Å²) in [6, 6.07) is 12.8. The SMILES string of the molecule is Cc1ccc(NC(=O)c2ccccc2Cl)cc1C. The van der Waals surface area contributed by atoms with Crippen LogP contribution in [0.4, 0.5) is 5.69 Å². The molecular weight excluding hydrogens is 246 g/mol. The number of hydrogen-bond donors (Lipinski definition) is 1. The Balaban J connectivity index is 2.22. The smallest absolute Gasteiger partial charge is 0.257 e. The lowest BCUT2D eigenvalue weighted by Crippen LogP contribution is -2.12. The van der Waals surface area contributed by atoms with Gasteiger partial charge < -0.3 is 5.32 Å². The van der Waals surface area contributed by atoms with Crippen molar-refractivity contribution in [1.82, 2.24) is 0 Å². The van der Waals surface area contributed by atoms with E-state index in [4.69, 9.17) is 11.6 Å². The van der Waals surface area contributed by atoms with Gasteiger partial charge in [-0.05, 0) is 49.2 Å². The first-order chi connectivity index (χ1) is 8.58. The van der Waals surface area contributed by atoms with Crippen molar-refractivity contribution < 1.29 is 4.79 Å². The van der Waals surface area contributed by atoms with Crippen LogP contribution in [0.3, 0.4) is 0 Å². The quantitative estimate of drug-likeness (QED) is 0.860. The lowest BCUT2D eigenvalue weighted by atomic mass is 10.1. The first-order valence-electron chi connectivity index (χ1n) is 5.71. The van der Waals surface area contributed by atoms with Crippen LogP contribution in [0, 0.1) is 13.8 Å². The second kappa shape index (κ2) is 5.23. The predicted molar refractivity (Wildman–Crippen MR) is 75.3 cm³/mol. The van der Waals surface area contributed by atoms with E-state index >= 15 is 0 Å². The summed E-state index contributed by atoms with van der Waals surface area (Å²) in [5.74, 6) is -0.191. The number of aryl methyl sites for hydroxylation is 2. The van der Waals surface area contributed by atoms with Crippen molar-refractivity contribution in [1.29, 1.82) is 0 Å². The Hall–Kier alpha value is -1.80. The normalized spacial score (nSPS) is 10.2. The van der Waals surface area contributed by atoms with E-state index in [0.29, 0.717) is 10.6 Å². The van der Waals surface area contributed by atoms with Crippen molar-refractivity contribution >= 4 is 23.2 Å². The average Bonchev–Trinajstić information content (AvgIpc) is 2.34. The molecule has 92 valence electrons. The minimum Gasteiger partial charge on any atom is -0.322 e. The zero-order valence-electron chi connectivity index (χ0n) is 10.3. The van der Waals surface area contributed by atoms with Crippen molar-refractivity contribution in [2.24, 2.45) is 0 Å². The minimum absolute atomic E-state index is 0.191. The molecule has 1 N–H and O–H groups in total. The van der Waals surface area contributed by atoms with Crippen LogP contribution in [0.15, 0.2) is 42.5 Å². The van der Waals surface area contributed by atoms with Crippen molar-refractivity contribution in [3.63, 3.8) is 0 Å². The third-order valence-electron chi connectivity index (χ3n) is 2.88. The van der Waals surface area contributed by atoms with E-state index in [-0.39, 0.29) is 5.91 Å². The van der Waals surface area contributed by atoms with Gasteiger partial charge in [0.25, 0.3) is 5.91 Å². The first kappa shape index (κ1) is 12.7. The molecule has 0 fully saturated rings. The molecule has 3 heteroatoms. The highest BCUT2D eigenvalue weighted by Crippen LogP contribution is 2.18. The Bertz CT molecular complexity index is 593. The Morgan fingerprint density at radius 3 is 2.44 bits per heavy atom. The fraction of sp³-hybridized carbons (Fsp3) is 0.133. The second-order valence-electron chi connectivity index (χ2n) is 4.23. The van der Waals surface area contributed by atoms with E-state index < -0.39 is 0 Å². The minimum atomic E-state index is -0.191. The van der Waals surface area contributed by atoms with Crippen LogP contribution in [0.5, 0.6) is 0 Å². The molecule has 0 saturated heterocycles. The van der Waals surface area contributed by atoms with Gasteiger partial charge in [0, 0.05) is 5.69 Å². The molecule has 0 aliphatic rings. The molecule has 0 aromatic heterocycles. The Kier molecular flexibility index (Phi) is 3.68. The molecule has 0 atom stereocenters. The molecule has 0 spiro atoms. The molecule has 2 rings (SSSR count). The highest BCUT2D eigenvalue weighted by molar-refractivity contribution is 6.34. The maximum absolute atomic E-state index is 12.0. The third-order valence-corrected chi connectivity index (χ3v) is 3.21. The van der Waals surface area contributed by atoms with Gasteiger partial charge in [-0.3, -0.25) is 4.79 Å². The molecule has 2 nitrogen and oxygen atoms in total. The lowest BCUT2D eigenvalue weighted by molar-refractivity contribution is 0.102. The summed E-state index contributed by atoms with van der Waals surface area (Å²) in [5, 5.41) is 3.30. The second-order valence-corrected chi connectivity index (χ2v) is 4.64. The van der Waals surface area contributed by atoms with E-state index in [2.05, 4.69) is 5.32 Å². The van der Waals surface area contributed by atoms with Crippen LogP contribution in [0.25, 0.3) is 0 Å². The van der Waals surface area contributed by atoms with Gasteiger partial charge >= 0.3 is 0 Å². The van der Waals surface area contributed by atoms with Crippen LogP contribution in [0.2, 0.25) is 5.02 Å². The molecule has 2 aromatic rings. The highest BCUT2D eigenvalue weighted by atomic mass is 35.5. The van der Waals surface area contributed by atoms with Gasteiger partial charge in [0.05, 0.1) is 10.6 Å². The van der Waals surface area contributed by atoms with Crippen LogP contribution in [-0.2, 0) is 0 Å². The van der Waals surface area contributed by atoms with Crippen molar-refractivity contribution in [2.45, 2.75) is 13.8 Å². The summed E-state index contributed by atoms with van der Waals surface area (Å²) in [7, 11) is 0. The van der Waals surface area contributed by atoms with Gasteiger partial charge in [0.2, 0.25) is 0 Å². The Morgan fingerprint density at radius 1 is 1.06 bits per heavy atom. The molecule has 0 heterocycles. The Labute approximate surface area is 112 Å². The molecule has 0 unspecified atom stereocenters. The number of nitrogens with one attached hydrogen (secondary N) is 1. The molecular formula is C15H14ClNO. The van der Waals surface area contributed by atoms with Crippen LogP contribution in [-0.4, -0.2) is 5.91 Å². The van der Waals surface area contributed by atoms with Crippen LogP contribution in [0.1, 0.15) is 21.5 Å². The van der Waals surface area contributed by atoms with E-state index in [1.54, 1.807) is 24.3 Å². The number of carbonyl (C=O) groups is 1. The molecule has 1 amide bonds. The number of halogens is 1. The van der Waals surface area contributed by atoms with Gasteiger partial charge in [0.15, 0.2) is 0 Å². The van der Waals surface area contributed by atoms with Gasteiger partial charge in [-0.1, -0.05) is 29.8 Å². The maximum atomic E-state index is 12.0. The average molecular weight is 260 g/mol. The monoisotopic (exact) mass is 259 g/mol. The van der Waals surface area contributed by atoms with E-state index in [1.807, 2.05) is 32.0 Å². The summed E-state index contributed by atoms with van der Waals surface area (Å²) in [6.45, 7) is 4.05. The zero-order chi connectivity index (χ0) is 13.1.